The van der Waals surface area contributed by atoms with E-state index >= 15 is 0 Å². The summed E-state index contributed by atoms with van der Waals surface area (Å²) >= 11 is 0. The molecule has 1 aliphatic rings. The number of nitrogens with zero attached hydrogens (tertiary/aromatic N) is 4. The lowest BCUT2D eigenvalue weighted by Crippen LogP contribution is -2.29. The molecule has 0 saturated carbocycles. The van der Waals surface area contributed by atoms with E-state index in [0.29, 0.717) is 16.8 Å². The van der Waals surface area contributed by atoms with E-state index in [-0.39, 0.29) is 24.8 Å². The van der Waals surface area contributed by atoms with Crippen molar-refractivity contribution >= 4 is 28.6 Å². The first-order valence-electron chi connectivity index (χ1n) is 12.8. The molecule has 1 fully saturated rings. The van der Waals surface area contributed by atoms with Gasteiger partial charge in [-0.2, -0.15) is 17.6 Å². The maximum absolute atomic E-state index is 14.9. The Morgan fingerprint density at radius 1 is 1.10 bits per heavy atom. The van der Waals surface area contributed by atoms with Crippen molar-refractivity contribution in [3.8, 4) is 0 Å². The SMILES string of the molecule is NC=C(C=NC1CCNCC1)c1cnc2[nH]cc(Cc3ccc(NCc4ccc(C(F)(F)F)nc4)nc3F)c2c1. The lowest BCUT2D eigenvalue weighted by molar-refractivity contribution is -0.141. The zero-order valence-corrected chi connectivity index (χ0v) is 21.5. The molecule has 40 heavy (non-hydrogen) atoms. The molecular formula is C28H28F4N8. The first-order valence-corrected chi connectivity index (χ1v) is 12.8. The summed E-state index contributed by atoms with van der Waals surface area (Å²) < 4.78 is 53.0. The molecule has 12 heteroatoms. The first kappa shape index (κ1) is 27.3. The zero-order valence-electron chi connectivity index (χ0n) is 21.5. The third-order valence-electron chi connectivity index (χ3n) is 6.76. The van der Waals surface area contributed by atoms with Crippen molar-refractivity contribution in [2.75, 3.05) is 18.4 Å². The molecule has 8 nitrogen and oxygen atoms in total. The minimum Gasteiger partial charge on any atom is -0.404 e. The van der Waals surface area contributed by atoms with E-state index in [0.717, 1.165) is 60.3 Å². The Bertz CT molecular complexity index is 1520. The predicted molar refractivity (Wildman–Crippen MR) is 146 cm³/mol. The number of aliphatic imine (C=N–C) groups is 1. The molecule has 0 atom stereocenters. The van der Waals surface area contributed by atoms with Gasteiger partial charge in [-0.1, -0.05) is 12.1 Å². The molecule has 5 N–H and O–H groups in total. The van der Waals surface area contributed by atoms with Crippen LogP contribution in [0.25, 0.3) is 16.6 Å². The van der Waals surface area contributed by atoms with Crippen LogP contribution in [0.4, 0.5) is 23.4 Å². The molecule has 0 radical (unpaired) electrons. The second kappa shape index (κ2) is 11.8. The Morgan fingerprint density at radius 3 is 2.62 bits per heavy atom. The van der Waals surface area contributed by atoms with Gasteiger partial charge in [-0.05, 0) is 55.3 Å². The fourth-order valence-electron chi connectivity index (χ4n) is 4.51. The van der Waals surface area contributed by atoms with Gasteiger partial charge < -0.3 is 21.4 Å². The summed E-state index contributed by atoms with van der Waals surface area (Å²) in [6, 6.07) is 7.69. The molecule has 5 rings (SSSR count). The summed E-state index contributed by atoms with van der Waals surface area (Å²) in [5, 5.41) is 7.07. The fraction of sp³-hybridized carbons (Fsp3) is 0.286. The van der Waals surface area contributed by atoms with Gasteiger partial charge >= 0.3 is 6.18 Å². The van der Waals surface area contributed by atoms with Gasteiger partial charge in [0.1, 0.15) is 17.2 Å². The molecule has 0 aliphatic carbocycles. The average Bonchev–Trinajstić information content (AvgIpc) is 3.36. The molecule has 0 spiro atoms. The number of aromatic amines is 1. The van der Waals surface area contributed by atoms with Crippen LogP contribution in [-0.2, 0) is 19.1 Å². The van der Waals surface area contributed by atoms with Crippen LogP contribution in [0.5, 0.6) is 0 Å². The number of allylic oxidation sites excluding steroid dienone is 1. The Kier molecular flexibility index (Phi) is 8.06. The van der Waals surface area contributed by atoms with Crippen molar-refractivity contribution in [2.45, 2.75) is 38.0 Å². The van der Waals surface area contributed by atoms with E-state index in [2.05, 4.69) is 30.6 Å². The Balaban J connectivity index is 1.27. The topological polar surface area (TPSA) is 117 Å². The maximum Gasteiger partial charge on any atom is 0.433 e. The number of piperidine rings is 1. The number of H-pyrrole nitrogens is 1. The third kappa shape index (κ3) is 6.45. The van der Waals surface area contributed by atoms with Crippen LogP contribution >= 0.6 is 0 Å². The summed E-state index contributed by atoms with van der Waals surface area (Å²) in [6.45, 7) is 2.04. The largest absolute Gasteiger partial charge is 0.433 e. The number of hydrogen-bond acceptors (Lipinski definition) is 7. The number of nitrogens with one attached hydrogen (secondary N) is 3. The molecule has 4 aromatic heterocycles. The number of aromatic nitrogens is 4. The average molecular weight is 553 g/mol. The maximum atomic E-state index is 14.9. The minimum absolute atomic E-state index is 0.145. The van der Waals surface area contributed by atoms with Gasteiger partial charge in [0.25, 0.3) is 0 Å². The van der Waals surface area contributed by atoms with E-state index in [1.165, 1.54) is 12.3 Å². The summed E-state index contributed by atoms with van der Waals surface area (Å²) in [5.74, 6) is -0.388. The normalized spacial score (nSPS) is 15.2. The van der Waals surface area contributed by atoms with Crippen LogP contribution in [0.15, 0.2) is 60.1 Å². The summed E-state index contributed by atoms with van der Waals surface area (Å²) in [6.07, 6.45) is 5.68. The number of pyridine rings is 3. The second-order valence-electron chi connectivity index (χ2n) is 9.54. The van der Waals surface area contributed by atoms with Crippen LogP contribution in [0.1, 0.15) is 40.8 Å². The van der Waals surface area contributed by atoms with Crippen LogP contribution in [0.2, 0.25) is 0 Å². The first-order chi connectivity index (χ1) is 19.3. The zero-order chi connectivity index (χ0) is 28.1. The standard InChI is InChI=1S/C28H28F4N8/c29-26-18(2-4-25(40-26)37-13-17-1-3-24(36-12-17)28(30,31)32)9-20-15-39-27-23(20)10-19(14-38-27)21(11-33)16-35-22-5-7-34-8-6-22/h1-4,10-12,14-16,22,34H,5-9,13,33H2,(H,37,40)(H,38,39). The molecule has 0 aromatic carbocycles. The summed E-state index contributed by atoms with van der Waals surface area (Å²) in [7, 11) is 0. The molecule has 0 amide bonds. The Labute approximate surface area is 227 Å². The van der Waals surface area contributed by atoms with Gasteiger partial charge in [-0.15, -0.1) is 0 Å². The molecule has 5 heterocycles. The second-order valence-corrected chi connectivity index (χ2v) is 9.54. The molecule has 1 aliphatic heterocycles. The molecule has 4 aromatic rings. The lowest BCUT2D eigenvalue weighted by atomic mass is 10.0. The Hall–Kier alpha value is -4.32. The number of rotatable bonds is 8. The smallest absolute Gasteiger partial charge is 0.404 e. The number of hydrogen-bond donors (Lipinski definition) is 4. The predicted octanol–water partition coefficient (Wildman–Crippen LogP) is 4.84. The van der Waals surface area contributed by atoms with Gasteiger partial charge in [0.05, 0.1) is 6.04 Å². The molecule has 208 valence electrons. The number of fused-ring (bicyclic) bond motifs is 1. The highest BCUT2D eigenvalue weighted by Crippen LogP contribution is 2.28. The molecular weight excluding hydrogens is 524 g/mol. The fourth-order valence-corrected chi connectivity index (χ4v) is 4.51. The number of alkyl halides is 3. The van der Waals surface area contributed by atoms with Gasteiger partial charge in [-0.3, -0.25) is 9.98 Å². The molecule has 0 bridgehead atoms. The summed E-state index contributed by atoms with van der Waals surface area (Å²) in [5.41, 5.74) is 8.91. The van der Waals surface area contributed by atoms with Gasteiger partial charge in [0.2, 0.25) is 5.95 Å². The summed E-state index contributed by atoms with van der Waals surface area (Å²) in [4.78, 5) is 19.7. The van der Waals surface area contributed by atoms with Crippen LogP contribution in [-0.4, -0.2) is 45.3 Å². The highest BCUT2D eigenvalue weighted by Gasteiger charge is 2.32. The Morgan fingerprint density at radius 2 is 1.93 bits per heavy atom. The van der Waals surface area contributed by atoms with Gasteiger partial charge in [0, 0.05) is 66.1 Å². The van der Waals surface area contributed by atoms with E-state index in [1.807, 2.05) is 6.07 Å². The minimum atomic E-state index is -4.50. The highest BCUT2D eigenvalue weighted by molar-refractivity contribution is 6.10. The van der Waals surface area contributed by atoms with Crippen molar-refractivity contribution in [2.24, 2.45) is 10.7 Å². The number of nitrogens with two attached hydrogens (primary N) is 1. The number of anilines is 1. The van der Waals surface area contributed by atoms with E-state index < -0.39 is 17.8 Å². The monoisotopic (exact) mass is 552 g/mol. The number of halogens is 4. The van der Waals surface area contributed by atoms with Gasteiger partial charge in [0.15, 0.2) is 0 Å². The van der Waals surface area contributed by atoms with Gasteiger partial charge in [-0.25, -0.2) is 9.97 Å². The van der Waals surface area contributed by atoms with E-state index in [9.17, 15) is 17.6 Å². The van der Waals surface area contributed by atoms with Crippen molar-refractivity contribution in [1.29, 1.82) is 0 Å². The van der Waals surface area contributed by atoms with Crippen molar-refractivity contribution in [3.63, 3.8) is 0 Å². The van der Waals surface area contributed by atoms with Crippen molar-refractivity contribution in [3.05, 3.63) is 89.0 Å². The van der Waals surface area contributed by atoms with Crippen LogP contribution < -0.4 is 16.4 Å². The lowest BCUT2D eigenvalue weighted by Gasteiger charge is -2.18. The third-order valence-corrected chi connectivity index (χ3v) is 6.76. The van der Waals surface area contributed by atoms with Crippen molar-refractivity contribution in [1.82, 2.24) is 25.3 Å². The molecule has 1 saturated heterocycles. The van der Waals surface area contributed by atoms with E-state index in [1.54, 1.807) is 30.7 Å². The van der Waals surface area contributed by atoms with E-state index in [4.69, 9.17) is 10.7 Å². The quantitative estimate of drug-likeness (QED) is 0.141. The molecule has 0 unspecified atom stereocenters. The highest BCUT2D eigenvalue weighted by atomic mass is 19.4. The van der Waals surface area contributed by atoms with Crippen molar-refractivity contribution < 1.29 is 17.6 Å². The van der Waals surface area contributed by atoms with Crippen LogP contribution in [0, 0.1) is 5.95 Å². The van der Waals surface area contributed by atoms with Crippen LogP contribution in [0.3, 0.4) is 0 Å².